The van der Waals surface area contributed by atoms with Gasteiger partial charge < -0.3 is 9.30 Å². The molecule has 9 nitrogen and oxygen atoms in total. The number of ether oxygens (including phenoxy) is 1. The Kier molecular flexibility index (Phi) is 4.86. The van der Waals surface area contributed by atoms with Crippen molar-refractivity contribution in [2.75, 3.05) is 12.0 Å². The highest BCUT2D eigenvalue weighted by molar-refractivity contribution is 5.89. The quantitative estimate of drug-likeness (QED) is 0.404. The van der Waals surface area contributed by atoms with E-state index in [1.54, 1.807) is 18.7 Å². The Morgan fingerprint density at radius 3 is 2.57 bits per heavy atom. The second-order valence-electron chi connectivity index (χ2n) is 7.10. The number of nitrogens with zero attached hydrogens (tertiary/aromatic N) is 5. The molecule has 0 aliphatic rings. The van der Waals surface area contributed by atoms with E-state index in [-0.39, 0.29) is 6.61 Å². The van der Waals surface area contributed by atoms with Crippen LogP contribution in [0.4, 0.5) is 5.95 Å². The molecule has 0 saturated heterocycles. The molecule has 4 aromatic rings. The van der Waals surface area contributed by atoms with Crippen LogP contribution in [0.15, 0.2) is 57.2 Å². The summed E-state index contributed by atoms with van der Waals surface area (Å²) in [5.74, 6) is 1.14. The summed E-state index contributed by atoms with van der Waals surface area (Å²) < 4.78 is 9.91. The van der Waals surface area contributed by atoms with Crippen LogP contribution in [0.25, 0.3) is 21.9 Å². The summed E-state index contributed by atoms with van der Waals surface area (Å²) in [6.07, 6.45) is 0. The Morgan fingerprint density at radius 1 is 1.03 bits per heavy atom. The van der Waals surface area contributed by atoms with Crippen LogP contribution in [0.2, 0.25) is 0 Å². The Bertz CT molecular complexity index is 1410. The number of rotatable bonds is 5. The Balaban J connectivity index is 1.56. The molecule has 2 heterocycles. The van der Waals surface area contributed by atoms with Crippen molar-refractivity contribution in [3.05, 3.63) is 63.3 Å². The zero-order valence-corrected chi connectivity index (χ0v) is 17.2. The van der Waals surface area contributed by atoms with Gasteiger partial charge in [0.15, 0.2) is 11.2 Å². The molecular formula is C21H22N6O3. The van der Waals surface area contributed by atoms with Gasteiger partial charge in [-0.2, -0.15) is 10.1 Å². The molecule has 0 atom stereocenters. The Hall–Kier alpha value is -3.88. The number of hydrogen-bond donors (Lipinski definition) is 1. The van der Waals surface area contributed by atoms with E-state index in [1.165, 1.54) is 11.6 Å². The normalized spacial score (nSPS) is 11.9. The SMILES string of the molecule is CC(COc1cccc2ccccc12)=NNc1nc2c(c(=O)n(C)c(=O)n2C)n1C. The second-order valence-corrected chi connectivity index (χ2v) is 7.10. The summed E-state index contributed by atoms with van der Waals surface area (Å²) in [7, 11) is 4.71. The van der Waals surface area contributed by atoms with E-state index in [2.05, 4.69) is 15.5 Å². The number of anilines is 1. The van der Waals surface area contributed by atoms with Crippen molar-refractivity contribution in [2.45, 2.75) is 6.92 Å². The van der Waals surface area contributed by atoms with Crippen LogP contribution in [0.1, 0.15) is 6.92 Å². The summed E-state index contributed by atoms with van der Waals surface area (Å²) in [6.45, 7) is 2.11. The predicted molar refractivity (Wildman–Crippen MR) is 117 cm³/mol. The minimum absolute atomic E-state index is 0.283. The number of benzene rings is 2. The summed E-state index contributed by atoms with van der Waals surface area (Å²) in [4.78, 5) is 28.9. The number of nitrogens with one attached hydrogen (secondary N) is 1. The van der Waals surface area contributed by atoms with Gasteiger partial charge in [-0.3, -0.25) is 13.9 Å². The topological polar surface area (TPSA) is 95.4 Å². The van der Waals surface area contributed by atoms with Gasteiger partial charge in [-0.1, -0.05) is 36.4 Å². The molecule has 0 radical (unpaired) electrons. The van der Waals surface area contributed by atoms with Crippen LogP contribution in [0.3, 0.4) is 0 Å². The van der Waals surface area contributed by atoms with E-state index >= 15 is 0 Å². The molecule has 30 heavy (non-hydrogen) atoms. The van der Waals surface area contributed by atoms with Crippen LogP contribution in [-0.2, 0) is 21.1 Å². The Labute approximate surface area is 171 Å². The fraction of sp³-hybridized carbons (Fsp3) is 0.238. The number of fused-ring (bicyclic) bond motifs is 2. The first-order valence-corrected chi connectivity index (χ1v) is 9.40. The Morgan fingerprint density at radius 2 is 1.77 bits per heavy atom. The van der Waals surface area contributed by atoms with Gasteiger partial charge in [0, 0.05) is 26.5 Å². The van der Waals surface area contributed by atoms with Gasteiger partial charge in [0.2, 0.25) is 5.95 Å². The average molecular weight is 406 g/mol. The molecule has 0 bridgehead atoms. The highest BCUT2D eigenvalue weighted by atomic mass is 16.5. The molecule has 0 aliphatic carbocycles. The lowest BCUT2D eigenvalue weighted by Crippen LogP contribution is -2.37. The van der Waals surface area contributed by atoms with E-state index in [4.69, 9.17) is 4.74 Å². The molecule has 2 aromatic heterocycles. The molecule has 0 saturated carbocycles. The molecule has 0 amide bonds. The van der Waals surface area contributed by atoms with Crippen molar-refractivity contribution < 1.29 is 4.74 Å². The maximum Gasteiger partial charge on any atom is 0.332 e. The smallest absolute Gasteiger partial charge is 0.332 e. The summed E-state index contributed by atoms with van der Waals surface area (Å²) in [5, 5.41) is 6.45. The van der Waals surface area contributed by atoms with Gasteiger partial charge in [-0.15, -0.1) is 0 Å². The maximum atomic E-state index is 12.4. The van der Waals surface area contributed by atoms with Gasteiger partial charge >= 0.3 is 5.69 Å². The van der Waals surface area contributed by atoms with Crippen LogP contribution < -0.4 is 21.4 Å². The highest BCUT2D eigenvalue weighted by Gasteiger charge is 2.16. The van der Waals surface area contributed by atoms with Gasteiger partial charge in [0.25, 0.3) is 5.56 Å². The minimum atomic E-state index is -0.430. The first-order chi connectivity index (χ1) is 14.4. The van der Waals surface area contributed by atoms with Crippen LogP contribution in [0.5, 0.6) is 5.75 Å². The molecule has 0 aliphatic heterocycles. The molecular weight excluding hydrogens is 384 g/mol. The summed E-state index contributed by atoms with van der Waals surface area (Å²) >= 11 is 0. The van der Waals surface area contributed by atoms with E-state index in [0.29, 0.717) is 22.8 Å². The monoisotopic (exact) mass is 406 g/mol. The second kappa shape index (κ2) is 7.51. The first kappa shape index (κ1) is 19.4. The van der Waals surface area contributed by atoms with Crippen molar-refractivity contribution in [3.8, 4) is 5.75 Å². The largest absolute Gasteiger partial charge is 0.487 e. The van der Waals surface area contributed by atoms with Crippen LogP contribution in [-0.4, -0.2) is 31.0 Å². The fourth-order valence-electron chi connectivity index (χ4n) is 3.30. The van der Waals surface area contributed by atoms with E-state index in [9.17, 15) is 9.59 Å². The van der Waals surface area contributed by atoms with Crippen LogP contribution in [0, 0.1) is 0 Å². The van der Waals surface area contributed by atoms with Gasteiger partial charge in [0.1, 0.15) is 12.4 Å². The van der Waals surface area contributed by atoms with Crippen molar-refractivity contribution in [1.29, 1.82) is 0 Å². The van der Waals surface area contributed by atoms with Crippen LogP contribution >= 0.6 is 0 Å². The first-order valence-electron chi connectivity index (χ1n) is 9.40. The lowest BCUT2D eigenvalue weighted by atomic mass is 10.1. The standard InChI is InChI=1S/C21H22N6O3/c1-13(12-30-16-11-7-9-14-8-5-6-10-15(14)16)23-24-20-22-18-17(25(20)2)19(28)27(4)21(29)26(18)3/h5-11H,12H2,1-4H3,(H,22,24). The molecule has 4 rings (SSSR count). The third-order valence-corrected chi connectivity index (χ3v) is 5.01. The fourth-order valence-corrected chi connectivity index (χ4v) is 3.30. The van der Waals surface area contributed by atoms with Gasteiger partial charge in [-0.25, -0.2) is 10.2 Å². The maximum absolute atomic E-state index is 12.4. The number of imidazole rings is 1. The van der Waals surface area contributed by atoms with E-state index in [0.717, 1.165) is 21.1 Å². The molecule has 0 unspecified atom stereocenters. The third-order valence-electron chi connectivity index (χ3n) is 5.01. The third kappa shape index (κ3) is 3.24. The summed E-state index contributed by atoms with van der Waals surface area (Å²) in [5.41, 5.74) is 3.34. The average Bonchev–Trinajstić information content (AvgIpc) is 3.09. The van der Waals surface area contributed by atoms with Crippen molar-refractivity contribution in [1.82, 2.24) is 18.7 Å². The van der Waals surface area contributed by atoms with Gasteiger partial charge in [-0.05, 0) is 18.4 Å². The molecule has 1 N–H and O–H groups in total. The lowest BCUT2D eigenvalue weighted by molar-refractivity contribution is 0.380. The zero-order chi connectivity index (χ0) is 21.4. The minimum Gasteiger partial charge on any atom is -0.487 e. The molecule has 2 aromatic carbocycles. The van der Waals surface area contributed by atoms with E-state index in [1.807, 2.05) is 49.4 Å². The zero-order valence-electron chi connectivity index (χ0n) is 17.2. The van der Waals surface area contributed by atoms with E-state index < -0.39 is 11.2 Å². The molecule has 9 heteroatoms. The summed E-state index contributed by atoms with van der Waals surface area (Å²) in [6, 6.07) is 13.9. The number of hydrazone groups is 1. The van der Waals surface area contributed by atoms with Crippen molar-refractivity contribution >= 4 is 33.6 Å². The van der Waals surface area contributed by atoms with Gasteiger partial charge in [0.05, 0.1) is 5.71 Å². The molecule has 0 fully saturated rings. The molecule has 0 spiro atoms. The van der Waals surface area contributed by atoms with Crippen molar-refractivity contribution in [2.24, 2.45) is 26.2 Å². The predicted octanol–water partition coefficient (Wildman–Crippen LogP) is 1.99. The molecule has 154 valence electrons. The van der Waals surface area contributed by atoms with Crippen molar-refractivity contribution in [3.63, 3.8) is 0 Å². The highest BCUT2D eigenvalue weighted by Crippen LogP contribution is 2.25. The number of aryl methyl sites for hydroxylation is 2. The number of hydrogen-bond acceptors (Lipinski definition) is 6. The lowest BCUT2D eigenvalue weighted by Gasteiger charge is -2.09. The number of aromatic nitrogens is 4.